The highest BCUT2D eigenvalue weighted by Gasteiger charge is 2.20. The average molecular weight is 373 g/mol. The highest BCUT2D eigenvalue weighted by atomic mass is 79.9. The first-order valence-electron chi connectivity index (χ1n) is 6.40. The van der Waals surface area contributed by atoms with Crippen molar-refractivity contribution < 1.29 is 12.8 Å². The lowest BCUT2D eigenvalue weighted by atomic mass is 10.2. The van der Waals surface area contributed by atoms with Gasteiger partial charge in [0.2, 0.25) is 10.0 Å². The van der Waals surface area contributed by atoms with Gasteiger partial charge in [-0.2, -0.15) is 0 Å². The summed E-state index contributed by atoms with van der Waals surface area (Å²) in [6.45, 7) is 2.37. The second-order valence-electron chi connectivity index (χ2n) is 4.61. The van der Waals surface area contributed by atoms with Crippen molar-refractivity contribution in [2.45, 2.75) is 24.9 Å². The molecule has 0 aliphatic heterocycles. The van der Waals surface area contributed by atoms with Gasteiger partial charge in [0.25, 0.3) is 0 Å². The molecule has 0 fully saturated rings. The summed E-state index contributed by atoms with van der Waals surface area (Å²) in [5.74, 6) is 0.988. The molecule has 0 unspecified atom stereocenters. The van der Waals surface area contributed by atoms with Gasteiger partial charge in [-0.05, 0) is 31.7 Å². The van der Waals surface area contributed by atoms with Crippen molar-refractivity contribution >= 4 is 26.0 Å². The molecule has 0 saturated carbocycles. The largest absolute Gasteiger partial charge is 0.464 e. The fourth-order valence-electron chi connectivity index (χ4n) is 1.91. The summed E-state index contributed by atoms with van der Waals surface area (Å²) in [4.78, 5) is 0.185. The average Bonchev–Trinajstić information content (AvgIpc) is 2.80. The Bertz CT molecular complexity index is 708. The molecule has 2 N–H and O–H groups in total. The molecule has 0 aliphatic rings. The van der Waals surface area contributed by atoms with Gasteiger partial charge in [0.05, 0.1) is 6.54 Å². The SMILES string of the molecule is CNCc1cc(S(=O)(=O)NCc2ccc(Br)cc2)c(C)o1. The van der Waals surface area contributed by atoms with Crippen LogP contribution in [0, 0.1) is 6.92 Å². The van der Waals surface area contributed by atoms with Crippen LogP contribution in [0.25, 0.3) is 0 Å². The molecule has 0 aliphatic carbocycles. The molecule has 1 aromatic carbocycles. The van der Waals surface area contributed by atoms with Gasteiger partial charge >= 0.3 is 0 Å². The van der Waals surface area contributed by atoms with Gasteiger partial charge < -0.3 is 9.73 Å². The van der Waals surface area contributed by atoms with Crippen molar-refractivity contribution in [3.63, 3.8) is 0 Å². The van der Waals surface area contributed by atoms with Crippen LogP contribution in [0.3, 0.4) is 0 Å². The molecule has 2 aromatic rings. The predicted octanol–water partition coefficient (Wildman–Crippen LogP) is 2.55. The number of hydrogen-bond acceptors (Lipinski definition) is 4. The molecular formula is C14H17BrN2O3S. The lowest BCUT2D eigenvalue weighted by molar-refractivity contribution is 0.465. The number of nitrogens with one attached hydrogen (secondary N) is 2. The van der Waals surface area contributed by atoms with Crippen LogP contribution < -0.4 is 10.0 Å². The van der Waals surface area contributed by atoms with Gasteiger partial charge in [-0.3, -0.25) is 0 Å². The van der Waals surface area contributed by atoms with Gasteiger partial charge in [-0.1, -0.05) is 28.1 Å². The lowest BCUT2D eigenvalue weighted by Crippen LogP contribution is -2.23. The molecule has 2 rings (SSSR count). The van der Waals surface area contributed by atoms with Crippen LogP contribution in [0.4, 0.5) is 0 Å². The number of benzene rings is 1. The maximum absolute atomic E-state index is 12.3. The molecule has 1 heterocycles. The monoisotopic (exact) mass is 372 g/mol. The van der Waals surface area contributed by atoms with E-state index in [4.69, 9.17) is 4.42 Å². The van der Waals surface area contributed by atoms with Crippen LogP contribution in [-0.4, -0.2) is 15.5 Å². The molecule has 114 valence electrons. The lowest BCUT2D eigenvalue weighted by Gasteiger charge is -2.05. The van der Waals surface area contributed by atoms with Crippen molar-refractivity contribution in [2.24, 2.45) is 0 Å². The van der Waals surface area contributed by atoms with Gasteiger partial charge in [0.15, 0.2) is 0 Å². The zero-order chi connectivity index (χ0) is 15.5. The Hall–Kier alpha value is -1.15. The molecule has 0 atom stereocenters. The Morgan fingerprint density at radius 2 is 1.86 bits per heavy atom. The minimum absolute atomic E-state index is 0.185. The molecule has 0 bridgehead atoms. The summed E-state index contributed by atoms with van der Waals surface area (Å²) >= 11 is 3.34. The molecule has 21 heavy (non-hydrogen) atoms. The van der Waals surface area contributed by atoms with E-state index in [1.807, 2.05) is 24.3 Å². The second kappa shape index (κ2) is 6.74. The smallest absolute Gasteiger partial charge is 0.244 e. The fourth-order valence-corrected chi connectivity index (χ4v) is 3.39. The Kier molecular flexibility index (Phi) is 5.21. The normalized spacial score (nSPS) is 11.8. The van der Waals surface area contributed by atoms with Crippen LogP contribution >= 0.6 is 15.9 Å². The quantitative estimate of drug-likeness (QED) is 0.817. The third kappa shape index (κ3) is 4.16. The van der Waals surface area contributed by atoms with E-state index in [0.717, 1.165) is 10.0 Å². The number of furan rings is 1. The number of aryl methyl sites for hydroxylation is 1. The Labute approximate surface area is 132 Å². The second-order valence-corrected chi connectivity index (χ2v) is 7.27. The standard InChI is InChI=1S/C14H17BrN2O3S/c1-10-14(7-13(20-10)9-16-2)21(18,19)17-8-11-3-5-12(15)6-4-11/h3-7,16-17H,8-9H2,1-2H3. The Morgan fingerprint density at radius 1 is 1.19 bits per heavy atom. The van der Waals surface area contributed by atoms with E-state index in [1.54, 1.807) is 20.0 Å². The summed E-state index contributed by atoms with van der Waals surface area (Å²) < 4.78 is 33.6. The molecule has 1 aromatic heterocycles. The van der Waals surface area contributed by atoms with E-state index in [0.29, 0.717) is 18.1 Å². The molecule has 0 saturated heterocycles. The fraction of sp³-hybridized carbons (Fsp3) is 0.286. The van der Waals surface area contributed by atoms with Crippen molar-refractivity contribution in [1.29, 1.82) is 0 Å². The number of rotatable bonds is 6. The minimum Gasteiger partial charge on any atom is -0.464 e. The molecular weight excluding hydrogens is 356 g/mol. The van der Waals surface area contributed by atoms with E-state index in [1.165, 1.54) is 0 Å². The molecule has 0 radical (unpaired) electrons. The van der Waals surface area contributed by atoms with E-state index >= 15 is 0 Å². The third-order valence-corrected chi connectivity index (χ3v) is 4.98. The zero-order valence-electron chi connectivity index (χ0n) is 11.8. The summed E-state index contributed by atoms with van der Waals surface area (Å²) in [5.41, 5.74) is 0.887. The maximum atomic E-state index is 12.3. The summed E-state index contributed by atoms with van der Waals surface area (Å²) in [7, 11) is -1.80. The maximum Gasteiger partial charge on any atom is 0.244 e. The molecule has 0 amide bonds. The van der Waals surface area contributed by atoms with Crippen molar-refractivity contribution in [1.82, 2.24) is 10.0 Å². The molecule has 5 nitrogen and oxygen atoms in total. The van der Waals surface area contributed by atoms with Crippen LogP contribution in [-0.2, 0) is 23.1 Å². The third-order valence-electron chi connectivity index (χ3n) is 2.94. The van der Waals surface area contributed by atoms with Crippen LogP contribution in [0.5, 0.6) is 0 Å². The van der Waals surface area contributed by atoms with Crippen LogP contribution in [0.1, 0.15) is 17.1 Å². The summed E-state index contributed by atoms with van der Waals surface area (Å²) in [6.07, 6.45) is 0. The van der Waals surface area contributed by atoms with Crippen molar-refractivity contribution in [3.05, 3.63) is 51.9 Å². The number of hydrogen-bond donors (Lipinski definition) is 2. The summed E-state index contributed by atoms with van der Waals surface area (Å²) in [5, 5.41) is 2.93. The Morgan fingerprint density at radius 3 is 2.48 bits per heavy atom. The van der Waals surface area contributed by atoms with E-state index in [9.17, 15) is 8.42 Å². The van der Waals surface area contributed by atoms with E-state index in [-0.39, 0.29) is 11.4 Å². The Balaban J connectivity index is 2.12. The first-order chi connectivity index (χ1) is 9.92. The van der Waals surface area contributed by atoms with E-state index in [2.05, 4.69) is 26.0 Å². The molecule has 0 spiro atoms. The highest BCUT2D eigenvalue weighted by Crippen LogP contribution is 2.20. The number of sulfonamides is 1. The topological polar surface area (TPSA) is 71.3 Å². The van der Waals surface area contributed by atoms with Crippen LogP contribution in [0.15, 0.2) is 44.1 Å². The molecule has 7 heteroatoms. The predicted molar refractivity (Wildman–Crippen MR) is 84.4 cm³/mol. The van der Waals surface area contributed by atoms with Crippen molar-refractivity contribution in [2.75, 3.05) is 7.05 Å². The van der Waals surface area contributed by atoms with Gasteiger partial charge in [-0.15, -0.1) is 0 Å². The van der Waals surface area contributed by atoms with E-state index < -0.39 is 10.0 Å². The number of halogens is 1. The van der Waals surface area contributed by atoms with Crippen LogP contribution in [0.2, 0.25) is 0 Å². The van der Waals surface area contributed by atoms with Gasteiger partial charge in [-0.25, -0.2) is 13.1 Å². The minimum atomic E-state index is -3.58. The highest BCUT2D eigenvalue weighted by molar-refractivity contribution is 9.10. The van der Waals surface area contributed by atoms with Crippen molar-refractivity contribution in [3.8, 4) is 0 Å². The summed E-state index contributed by atoms with van der Waals surface area (Å²) in [6, 6.07) is 9.02. The first-order valence-corrected chi connectivity index (χ1v) is 8.68. The van der Waals surface area contributed by atoms with Gasteiger partial charge in [0, 0.05) is 17.1 Å². The first kappa shape index (κ1) is 16.2. The zero-order valence-corrected chi connectivity index (χ0v) is 14.2. The van der Waals surface area contributed by atoms with Gasteiger partial charge in [0.1, 0.15) is 16.4 Å².